The van der Waals surface area contributed by atoms with Gasteiger partial charge < -0.3 is 5.11 Å². The monoisotopic (exact) mass is 594 g/mol. The summed E-state index contributed by atoms with van der Waals surface area (Å²) in [7, 11) is -3.64. The summed E-state index contributed by atoms with van der Waals surface area (Å²) in [5.41, 5.74) is -1.95. The summed E-state index contributed by atoms with van der Waals surface area (Å²) in [5, 5.41) is 10.9. The van der Waals surface area contributed by atoms with E-state index in [9.17, 15) is 26.7 Å². The number of alkyl halides is 3. The zero-order valence-corrected chi connectivity index (χ0v) is 23.4. The van der Waals surface area contributed by atoms with Crippen molar-refractivity contribution in [3.8, 4) is 11.3 Å². The van der Waals surface area contributed by atoms with E-state index < -0.39 is 33.1 Å². The largest absolute Gasteiger partial charge is 0.421 e. The number of rotatable bonds is 8. The van der Waals surface area contributed by atoms with Crippen molar-refractivity contribution >= 4 is 43.0 Å². The molecule has 2 N–H and O–H groups in total. The normalized spacial score (nSPS) is 20.1. The van der Waals surface area contributed by atoms with Crippen molar-refractivity contribution in [2.45, 2.75) is 49.8 Å². The summed E-state index contributed by atoms with van der Waals surface area (Å²) in [4.78, 5) is 4.97. The highest BCUT2D eigenvalue weighted by Gasteiger charge is 2.51. The van der Waals surface area contributed by atoms with Gasteiger partial charge in [0.05, 0.1) is 17.0 Å². The van der Waals surface area contributed by atoms with Crippen LogP contribution in [0, 0.1) is 5.92 Å². The van der Waals surface area contributed by atoms with Gasteiger partial charge in [0.1, 0.15) is 0 Å². The van der Waals surface area contributed by atoms with Gasteiger partial charge in [0, 0.05) is 26.4 Å². The number of benzene rings is 2. The first kappa shape index (κ1) is 28.0. The summed E-state index contributed by atoms with van der Waals surface area (Å²) in [6, 6.07) is 15.8. The molecule has 5 nitrogen and oxygen atoms in total. The SMILES string of the molecule is CC[C@H]1C[C@@H]1S(=O)(=O)N[C@@H](c1cc2cccc(-c3cc([C@](C)(O)C(F)(F)F)ccn3)c2s1)c1ccccc1Cl. The Labute approximate surface area is 233 Å². The Morgan fingerprint density at radius 1 is 1.15 bits per heavy atom. The smallest absolute Gasteiger partial charge is 0.376 e. The topological polar surface area (TPSA) is 79.3 Å². The van der Waals surface area contributed by atoms with Crippen LogP contribution in [0.1, 0.15) is 48.7 Å². The second-order valence-electron chi connectivity index (χ2n) is 9.93. The highest BCUT2D eigenvalue weighted by atomic mass is 35.5. The first-order valence-electron chi connectivity index (χ1n) is 12.4. The van der Waals surface area contributed by atoms with Gasteiger partial charge >= 0.3 is 6.18 Å². The highest BCUT2D eigenvalue weighted by molar-refractivity contribution is 7.90. The maximum Gasteiger partial charge on any atom is 0.421 e. The minimum Gasteiger partial charge on any atom is -0.376 e. The number of hydrogen-bond acceptors (Lipinski definition) is 5. The molecule has 2 aromatic carbocycles. The second-order valence-corrected chi connectivity index (χ2v) is 13.4. The van der Waals surface area contributed by atoms with Crippen LogP contribution in [0.3, 0.4) is 0 Å². The Bertz CT molecular complexity index is 1640. The number of sulfonamides is 1. The number of nitrogens with zero attached hydrogens (tertiary/aromatic N) is 1. The van der Waals surface area contributed by atoms with E-state index in [1.165, 1.54) is 23.6 Å². The molecule has 4 atom stereocenters. The van der Waals surface area contributed by atoms with Crippen molar-refractivity contribution in [2.24, 2.45) is 5.92 Å². The average Bonchev–Trinajstić information content (AvgIpc) is 3.58. The molecule has 206 valence electrons. The van der Waals surface area contributed by atoms with Gasteiger partial charge in [0.2, 0.25) is 10.0 Å². The Kier molecular flexibility index (Phi) is 7.30. The molecule has 1 saturated carbocycles. The molecule has 11 heteroatoms. The Morgan fingerprint density at radius 3 is 2.56 bits per heavy atom. The second kappa shape index (κ2) is 10.2. The maximum atomic E-state index is 13.5. The maximum absolute atomic E-state index is 13.5. The van der Waals surface area contributed by atoms with Crippen LogP contribution in [-0.4, -0.2) is 29.9 Å². The van der Waals surface area contributed by atoms with E-state index in [-0.39, 0.29) is 17.2 Å². The van der Waals surface area contributed by atoms with E-state index in [1.54, 1.807) is 36.4 Å². The van der Waals surface area contributed by atoms with E-state index >= 15 is 0 Å². The average molecular weight is 595 g/mol. The fourth-order valence-corrected chi connectivity index (χ4v) is 8.27. The van der Waals surface area contributed by atoms with Crippen LogP contribution < -0.4 is 4.72 Å². The van der Waals surface area contributed by atoms with Gasteiger partial charge in [0.25, 0.3) is 0 Å². The van der Waals surface area contributed by atoms with Crippen LogP contribution in [-0.2, 0) is 15.6 Å². The minimum atomic E-state index is -4.87. The third-order valence-corrected chi connectivity index (χ3v) is 10.8. The Hall–Kier alpha value is -2.50. The van der Waals surface area contributed by atoms with Crippen molar-refractivity contribution in [3.05, 3.63) is 87.9 Å². The minimum absolute atomic E-state index is 0.121. The molecule has 0 bridgehead atoms. The van der Waals surface area contributed by atoms with Crippen molar-refractivity contribution in [1.29, 1.82) is 0 Å². The number of thiophene rings is 1. The number of halogens is 4. The third kappa shape index (κ3) is 5.32. The fraction of sp³-hybridized carbons (Fsp3) is 0.321. The van der Waals surface area contributed by atoms with Crippen LogP contribution in [0.5, 0.6) is 0 Å². The Balaban J connectivity index is 1.60. The molecule has 2 aromatic heterocycles. The van der Waals surface area contributed by atoms with Gasteiger partial charge in [-0.3, -0.25) is 4.98 Å². The quantitative estimate of drug-likeness (QED) is 0.226. The standard InChI is InChI=1S/C28H26ClF3N2O3S2/c1-3-16-14-24(16)39(36,37)34-25(19-8-4-5-10-21(19)29)23-13-17-7-6-9-20(26(17)38-23)22-15-18(11-12-33-22)27(2,35)28(30,31)32/h4-13,15-16,24-25,34-35H,3,14H2,1-2H3/t16-,24-,25+,27-/m0/s1. The molecule has 0 amide bonds. The molecular weight excluding hydrogens is 569 g/mol. The number of fused-ring (bicyclic) bond motifs is 1. The molecule has 1 aliphatic rings. The number of hydrogen-bond donors (Lipinski definition) is 2. The van der Waals surface area contributed by atoms with Gasteiger partial charge in [-0.05, 0) is 60.0 Å². The van der Waals surface area contributed by atoms with Gasteiger partial charge in [-0.1, -0.05) is 61.3 Å². The van der Waals surface area contributed by atoms with Crippen molar-refractivity contribution < 1.29 is 26.7 Å². The van der Waals surface area contributed by atoms with Crippen LogP contribution in [0.2, 0.25) is 5.02 Å². The fourth-order valence-electron chi connectivity index (χ4n) is 4.74. The number of pyridine rings is 1. The highest BCUT2D eigenvalue weighted by Crippen LogP contribution is 2.44. The molecular formula is C28H26ClF3N2O3S2. The molecule has 1 aliphatic carbocycles. The molecule has 1 fully saturated rings. The van der Waals surface area contributed by atoms with E-state index in [0.29, 0.717) is 34.4 Å². The summed E-state index contributed by atoms with van der Waals surface area (Å²) < 4.78 is 70.6. The molecule has 4 aromatic rings. The summed E-state index contributed by atoms with van der Waals surface area (Å²) in [6.07, 6.45) is -2.24. The van der Waals surface area contributed by atoms with Gasteiger partial charge in [-0.25, -0.2) is 13.1 Å². The first-order chi connectivity index (χ1) is 18.3. The van der Waals surface area contributed by atoms with Gasteiger partial charge in [-0.15, -0.1) is 11.3 Å². The van der Waals surface area contributed by atoms with Crippen molar-refractivity contribution in [1.82, 2.24) is 9.71 Å². The van der Waals surface area contributed by atoms with E-state index in [2.05, 4.69) is 9.71 Å². The first-order valence-corrected chi connectivity index (χ1v) is 15.1. The van der Waals surface area contributed by atoms with Crippen LogP contribution in [0.25, 0.3) is 21.3 Å². The third-order valence-electron chi connectivity index (χ3n) is 7.28. The van der Waals surface area contributed by atoms with Crippen molar-refractivity contribution in [3.63, 3.8) is 0 Å². The lowest BCUT2D eigenvalue weighted by Crippen LogP contribution is -2.39. The number of aromatic nitrogens is 1. The molecule has 39 heavy (non-hydrogen) atoms. The molecule has 0 radical (unpaired) electrons. The van der Waals surface area contributed by atoms with Crippen molar-refractivity contribution in [2.75, 3.05) is 0 Å². The summed E-state index contributed by atoms with van der Waals surface area (Å²) in [6.45, 7) is 2.68. The Morgan fingerprint density at radius 2 is 1.90 bits per heavy atom. The molecule has 5 rings (SSSR count). The zero-order chi connectivity index (χ0) is 28.2. The summed E-state index contributed by atoms with van der Waals surface area (Å²) >= 11 is 7.83. The van der Waals surface area contributed by atoms with E-state index in [1.807, 2.05) is 19.1 Å². The molecule has 2 heterocycles. The lowest BCUT2D eigenvalue weighted by molar-refractivity contribution is -0.258. The number of aliphatic hydroxyl groups is 1. The lowest BCUT2D eigenvalue weighted by Gasteiger charge is -2.26. The lowest BCUT2D eigenvalue weighted by atomic mass is 9.94. The van der Waals surface area contributed by atoms with Gasteiger partial charge in [0.15, 0.2) is 5.60 Å². The molecule has 0 unspecified atom stereocenters. The predicted octanol–water partition coefficient (Wildman–Crippen LogP) is 7.19. The van der Waals surface area contributed by atoms with E-state index in [0.717, 1.165) is 22.6 Å². The summed E-state index contributed by atoms with van der Waals surface area (Å²) in [5.74, 6) is 0.121. The molecule has 0 aliphatic heterocycles. The van der Waals surface area contributed by atoms with Crippen LogP contribution in [0.4, 0.5) is 13.2 Å². The molecule has 0 saturated heterocycles. The zero-order valence-electron chi connectivity index (χ0n) is 21.0. The number of nitrogens with one attached hydrogen (secondary N) is 1. The van der Waals surface area contributed by atoms with Gasteiger partial charge in [-0.2, -0.15) is 13.2 Å². The predicted molar refractivity (Wildman–Crippen MR) is 148 cm³/mol. The van der Waals surface area contributed by atoms with E-state index in [4.69, 9.17) is 11.6 Å². The molecule has 0 spiro atoms. The van der Waals surface area contributed by atoms with Crippen LogP contribution >= 0.6 is 22.9 Å². The van der Waals surface area contributed by atoms with Crippen LogP contribution in [0.15, 0.2) is 66.9 Å².